The van der Waals surface area contributed by atoms with Crippen LogP contribution in [0.5, 0.6) is 0 Å². The number of urea groups is 1. The molecule has 0 N–H and O–H groups in total. The predicted octanol–water partition coefficient (Wildman–Crippen LogP) is 1.29. The van der Waals surface area contributed by atoms with Crippen LogP contribution in [0.25, 0.3) is 0 Å². The molecule has 0 aromatic heterocycles. The lowest BCUT2D eigenvalue weighted by Crippen LogP contribution is -2.25. The van der Waals surface area contributed by atoms with E-state index < -0.39 is 6.03 Å². The Morgan fingerprint density at radius 3 is 2.20 bits per heavy atom. The molecule has 0 spiro atoms. The molecule has 0 radical (unpaired) electrons. The van der Waals surface area contributed by atoms with Crippen molar-refractivity contribution < 1.29 is 4.79 Å². The van der Waals surface area contributed by atoms with Crippen LogP contribution in [0.3, 0.4) is 0 Å². The maximum atomic E-state index is 10.5. The van der Waals surface area contributed by atoms with Crippen molar-refractivity contribution in [1.82, 2.24) is 8.95 Å². The van der Waals surface area contributed by atoms with Gasteiger partial charge in [-0.1, -0.05) is 11.4 Å². The van der Waals surface area contributed by atoms with Crippen LogP contribution in [-0.4, -0.2) is 15.0 Å². The molecule has 0 unspecified atom stereocenters. The zero-order chi connectivity index (χ0) is 8.15. The van der Waals surface area contributed by atoms with Crippen molar-refractivity contribution in [3.8, 4) is 12.5 Å². The van der Waals surface area contributed by atoms with Gasteiger partial charge in [-0.15, -0.1) is 8.85 Å². The third kappa shape index (κ3) is 2.09. The van der Waals surface area contributed by atoms with Gasteiger partial charge in [-0.3, -0.25) is 0 Å². The van der Waals surface area contributed by atoms with E-state index in [1.165, 1.54) is 0 Å². The molecule has 5 nitrogen and oxygen atoms in total. The molecule has 7 heteroatoms. The first-order valence-corrected chi connectivity index (χ1v) is 2.56. The van der Waals surface area contributed by atoms with Crippen molar-refractivity contribution in [1.29, 1.82) is 0 Å². The summed E-state index contributed by atoms with van der Waals surface area (Å²) in [6.45, 7) is 0. The summed E-state index contributed by atoms with van der Waals surface area (Å²) in [6.07, 6.45) is 4.64. The van der Waals surface area contributed by atoms with E-state index in [2.05, 4.69) is 11.7 Å². The molecule has 0 bridgehead atoms. The Morgan fingerprint density at radius 1 is 1.60 bits per heavy atom. The molecule has 0 aromatic carbocycles. The summed E-state index contributed by atoms with van der Waals surface area (Å²) in [4.78, 5) is 20.1. The quantitative estimate of drug-likeness (QED) is 0.201. The van der Waals surface area contributed by atoms with Crippen LogP contribution >= 0.6 is 23.6 Å². The first-order chi connectivity index (χ1) is 4.63. The summed E-state index contributed by atoms with van der Waals surface area (Å²) in [7, 11) is 0. The molecule has 0 aromatic rings. The van der Waals surface area contributed by atoms with Gasteiger partial charge in [-0.25, -0.2) is 4.79 Å². The highest BCUT2D eigenvalue weighted by atomic mass is 35.5. The van der Waals surface area contributed by atoms with Crippen molar-refractivity contribution in [3.05, 3.63) is 4.91 Å². The number of carbonyl (C=O) groups is 1. The van der Waals surface area contributed by atoms with E-state index >= 15 is 0 Å². The van der Waals surface area contributed by atoms with Gasteiger partial charge in [0.2, 0.25) is 0 Å². The Balaban J connectivity index is 4.20. The Hall–Kier alpha value is -0.990. The number of hydrogen-bond donors (Lipinski definition) is 0. The smallest absolute Gasteiger partial charge is 0.242 e. The fourth-order valence-electron chi connectivity index (χ4n) is 0.185. The van der Waals surface area contributed by atoms with E-state index in [-0.39, 0.29) is 8.95 Å². The monoisotopic (exact) mass is 181 g/mol. The van der Waals surface area contributed by atoms with Crippen molar-refractivity contribution >= 4 is 29.6 Å². The highest BCUT2D eigenvalue weighted by Gasteiger charge is 2.16. The summed E-state index contributed by atoms with van der Waals surface area (Å²) in [5, 5.41) is 2.23. The Labute approximate surface area is 66.6 Å². The largest absolute Gasteiger partial charge is 0.385 e. The van der Waals surface area contributed by atoms with E-state index in [4.69, 9.17) is 23.6 Å². The molecule has 10 heavy (non-hydrogen) atoms. The Morgan fingerprint density at radius 2 is 2.10 bits per heavy atom. The second-order valence-electron chi connectivity index (χ2n) is 1.04. The van der Waals surface area contributed by atoms with Crippen molar-refractivity contribution in [2.24, 2.45) is 5.29 Å². The molecule has 0 aliphatic rings. The Bertz CT molecular complexity index is 187. The van der Waals surface area contributed by atoms with Gasteiger partial charge in [0.25, 0.3) is 0 Å². The molecule has 0 aliphatic heterocycles. The van der Waals surface area contributed by atoms with E-state index in [1.54, 1.807) is 6.04 Å². The molecule has 54 valence electrons. The molecule has 2 amide bonds. The van der Waals surface area contributed by atoms with Crippen molar-refractivity contribution in [2.45, 2.75) is 0 Å². The molecular weight excluding hydrogens is 181 g/mol. The number of nitroso groups, excluding NO2 is 1. The van der Waals surface area contributed by atoms with Gasteiger partial charge in [0, 0.05) is 29.6 Å². The van der Waals surface area contributed by atoms with E-state index in [1.807, 2.05) is 0 Å². The summed E-state index contributed by atoms with van der Waals surface area (Å²) >= 11 is 9.79. The topological polar surface area (TPSA) is 53.0 Å². The van der Waals surface area contributed by atoms with E-state index in [0.717, 1.165) is 0 Å². The number of carbonyl (C=O) groups excluding carboxylic acids is 1. The summed E-state index contributed by atoms with van der Waals surface area (Å²) < 4.78 is 0.0985. The minimum Gasteiger partial charge on any atom is -0.242 e. The number of halogens is 2. The third-order valence-electron chi connectivity index (χ3n) is 0.530. The fraction of sp³-hybridized carbons (Fsp3) is 0. The number of hydrogen-bond acceptors (Lipinski definition) is 3. The second-order valence-corrected chi connectivity index (χ2v) is 1.89. The van der Waals surface area contributed by atoms with Crippen LogP contribution in [0, 0.1) is 17.4 Å². The predicted molar refractivity (Wildman–Crippen MR) is 35.4 cm³/mol. The van der Waals surface area contributed by atoms with Crippen LogP contribution in [-0.2, 0) is 0 Å². The van der Waals surface area contributed by atoms with Gasteiger partial charge in [0.05, 0.1) is 5.29 Å². The lowest BCUT2D eigenvalue weighted by Gasteiger charge is -2.05. The minimum atomic E-state index is -1.10. The highest BCUT2D eigenvalue weighted by Crippen LogP contribution is 2.04. The molecule has 0 heterocycles. The molecule has 0 saturated heterocycles. The normalized spacial score (nSPS) is 7.70. The lowest BCUT2D eigenvalue weighted by atomic mass is 10.9. The van der Waals surface area contributed by atoms with Crippen LogP contribution in [0.4, 0.5) is 4.79 Å². The summed E-state index contributed by atoms with van der Waals surface area (Å²) in [5.74, 6) is 0. The SMILES string of the molecule is C#CN(N=O)C(=O)N(Cl)Cl. The fourth-order valence-corrected chi connectivity index (χ4v) is 0.329. The van der Waals surface area contributed by atoms with Gasteiger partial charge in [-0.05, 0) is 0 Å². The number of amides is 2. The molecule has 0 saturated carbocycles. The molecule has 0 rings (SSSR count). The first-order valence-electron chi connectivity index (χ1n) is 1.88. The van der Waals surface area contributed by atoms with Crippen molar-refractivity contribution in [3.63, 3.8) is 0 Å². The van der Waals surface area contributed by atoms with Crippen LogP contribution in [0.2, 0.25) is 0 Å². The zero-order valence-electron chi connectivity index (χ0n) is 4.49. The summed E-state index contributed by atoms with van der Waals surface area (Å²) in [5.41, 5.74) is 0. The van der Waals surface area contributed by atoms with Crippen LogP contribution < -0.4 is 0 Å². The van der Waals surface area contributed by atoms with Crippen LogP contribution in [0.1, 0.15) is 0 Å². The highest BCUT2D eigenvalue weighted by molar-refractivity contribution is 6.41. The Kier molecular flexibility index (Phi) is 3.54. The van der Waals surface area contributed by atoms with E-state index in [0.29, 0.717) is 0 Å². The number of terminal acetylenes is 1. The van der Waals surface area contributed by atoms with Crippen molar-refractivity contribution in [2.75, 3.05) is 0 Å². The maximum absolute atomic E-state index is 10.5. The van der Waals surface area contributed by atoms with Gasteiger partial charge in [-0.2, -0.15) is 0 Å². The van der Waals surface area contributed by atoms with Gasteiger partial charge >= 0.3 is 6.03 Å². The molecular formula is C3HCl2N3O2. The van der Waals surface area contributed by atoms with E-state index in [9.17, 15) is 9.70 Å². The standard InChI is InChI=1S/C3HCl2N3O2/c1-2-7(6-10)3(9)8(4)5/h1H. The molecule has 0 atom stereocenters. The van der Waals surface area contributed by atoms with Gasteiger partial charge in [0.1, 0.15) is 0 Å². The second kappa shape index (κ2) is 3.93. The third-order valence-corrected chi connectivity index (χ3v) is 0.819. The average molecular weight is 182 g/mol. The van der Waals surface area contributed by atoms with Crippen LogP contribution in [0.15, 0.2) is 5.29 Å². The first kappa shape index (κ1) is 9.01. The number of rotatable bonds is 1. The summed E-state index contributed by atoms with van der Waals surface area (Å²) in [6, 6.07) is 0.530. The minimum absolute atomic E-state index is 0.0985. The average Bonchev–Trinajstić information content (AvgIpc) is 1.90. The lowest BCUT2D eigenvalue weighted by molar-refractivity contribution is 0.214. The maximum Gasteiger partial charge on any atom is 0.385 e. The molecule has 0 fully saturated rings. The number of nitrogens with zero attached hydrogens (tertiary/aromatic N) is 3. The zero-order valence-corrected chi connectivity index (χ0v) is 6.00. The van der Waals surface area contributed by atoms with Gasteiger partial charge in [0.15, 0.2) is 0 Å². The van der Waals surface area contributed by atoms with Gasteiger partial charge < -0.3 is 0 Å². The molecule has 0 aliphatic carbocycles.